The third-order valence-corrected chi connectivity index (χ3v) is 6.31. The van der Waals surface area contributed by atoms with E-state index >= 15 is 0 Å². The number of aromatic hydroxyl groups is 1. The molecule has 1 aromatic heterocycles. The Labute approximate surface area is 168 Å². The lowest BCUT2D eigenvalue weighted by molar-refractivity contribution is 0.355. The van der Waals surface area contributed by atoms with Crippen LogP contribution in [0, 0.1) is 13.8 Å². The van der Waals surface area contributed by atoms with Crippen LogP contribution in [0.3, 0.4) is 0 Å². The van der Waals surface area contributed by atoms with Crippen LogP contribution in [-0.2, 0) is 0 Å². The average molecular weight is 398 g/mol. The predicted molar refractivity (Wildman–Crippen MR) is 113 cm³/mol. The Morgan fingerprint density at radius 3 is 2.39 bits per heavy atom. The maximum absolute atomic E-state index is 11.0. The van der Waals surface area contributed by atoms with Gasteiger partial charge in [-0.1, -0.05) is 12.1 Å². The minimum absolute atomic E-state index is 0.129. The number of aromatic nitrogens is 1. The SMILES string of the molecule is COc1cc2c(N=Nc3cc(C)ccc3C)c(O)n(C3CSC3)c2cc1OC. The summed E-state index contributed by atoms with van der Waals surface area (Å²) in [5, 5.41) is 20.7. The Bertz CT molecular complexity index is 1070. The van der Waals surface area contributed by atoms with Crippen LogP contribution in [0.2, 0.25) is 0 Å². The van der Waals surface area contributed by atoms with Gasteiger partial charge >= 0.3 is 0 Å². The lowest BCUT2D eigenvalue weighted by atomic mass is 10.1. The van der Waals surface area contributed by atoms with Crippen molar-refractivity contribution in [1.82, 2.24) is 4.57 Å². The molecular weight excluding hydrogens is 374 g/mol. The summed E-state index contributed by atoms with van der Waals surface area (Å²) in [6.45, 7) is 4.02. The second kappa shape index (κ2) is 7.39. The van der Waals surface area contributed by atoms with E-state index in [2.05, 4.69) is 10.2 Å². The first-order valence-corrected chi connectivity index (χ1v) is 10.2. The number of hydrogen-bond donors (Lipinski definition) is 1. The van der Waals surface area contributed by atoms with Crippen molar-refractivity contribution in [2.24, 2.45) is 10.2 Å². The second-order valence-corrected chi connectivity index (χ2v) is 8.02. The van der Waals surface area contributed by atoms with Crippen molar-refractivity contribution in [1.29, 1.82) is 0 Å². The van der Waals surface area contributed by atoms with Crippen molar-refractivity contribution >= 4 is 34.0 Å². The van der Waals surface area contributed by atoms with Crippen LogP contribution >= 0.6 is 11.8 Å². The highest BCUT2D eigenvalue weighted by molar-refractivity contribution is 8.00. The molecule has 1 saturated heterocycles. The lowest BCUT2D eigenvalue weighted by Gasteiger charge is -2.28. The van der Waals surface area contributed by atoms with Crippen molar-refractivity contribution in [2.75, 3.05) is 25.7 Å². The van der Waals surface area contributed by atoms with Gasteiger partial charge in [0.05, 0.1) is 31.5 Å². The second-order valence-electron chi connectivity index (χ2n) is 6.95. The number of ether oxygens (including phenoxy) is 2. The van der Waals surface area contributed by atoms with Crippen LogP contribution in [0.1, 0.15) is 17.2 Å². The van der Waals surface area contributed by atoms with Gasteiger partial charge in [-0.2, -0.15) is 16.9 Å². The standard InChI is InChI=1S/C21H23N3O3S/c1-12-5-6-13(2)16(7-12)22-23-20-15-8-18(26-3)19(27-4)9-17(15)24(21(20)25)14-10-28-11-14/h5-9,14,25H,10-11H2,1-4H3. The third kappa shape index (κ3) is 3.09. The van der Waals surface area contributed by atoms with Gasteiger partial charge in [-0.15, -0.1) is 5.11 Å². The summed E-state index contributed by atoms with van der Waals surface area (Å²) in [5.41, 5.74) is 4.26. The van der Waals surface area contributed by atoms with Gasteiger partial charge in [0.25, 0.3) is 0 Å². The highest BCUT2D eigenvalue weighted by Crippen LogP contribution is 2.48. The Morgan fingerprint density at radius 1 is 1.04 bits per heavy atom. The molecule has 1 aliphatic heterocycles. The predicted octanol–water partition coefficient (Wildman–Crippen LogP) is 5.68. The molecule has 4 rings (SSSR count). The fourth-order valence-electron chi connectivity index (χ4n) is 3.38. The van der Waals surface area contributed by atoms with E-state index in [1.54, 1.807) is 14.2 Å². The molecule has 1 fully saturated rings. The molecule has 3 aromatic rings. The fourth-order valence-corrected chi connectivity index (χ4v) is 4.12. The maximum Gasteiger partial charge on any atom is 0.221 e. The molecule has 28 heavy (non-hydrogen) atoms. The van der Waals surface area contributed by atoms with Gasteiger partial charge in [0, 0.05) is 23.0 Å². The maximum atomic E-state index is 11.0. The molecule has 7 heteroatoms. The summed E-state index contributed by atoms with van der Waals surface area (Å²) < 4.78 is 12.8. The molecule has 0 atom stereocenters. The van der Waals surface area contributed by atoms with Crippen molar-refractivity contribution in [3.05, 3.63) is 41.5 Å². The molecule has 0 unspecified atom stereocenters. The van der Waals surface area contributed by atoms with Gasteiger partial charge in [0.2, 0.25) is 5.88 Å². The highest BCUT2D eigenvalue weighted by Gasteiger charge is 2.28. The minimum Gasteiger partial charge on any atom is -0.493 e. The number of rotatable bonds is 5. The van der Waals surface area contributed by atoms with Crippen LogP contribution in [0.5, 0.6) is 17.4 Å². The third-order valence-electron chi connectivity index (χ3n) is 5.06. The van der Waals surface area contributed by atoms with Crippen molar-refractivity contribution in [3.63, 3.8) is 0 Å². The first-order valence-electron chi connectivity index (χ1n) is 9.09. The van der Waals surface area contributed by atoms with Crippen LogP contribution in [0.15, 0.2) is 40.6 Å². The summed E-state index contributed by atoms with van der Waals surface area (Å²) in [7, 11) is 3.21. The molecule has 6 nitrogen and oxygen atoms in total. The van der Waals surface area contributed by atoms with Crippen molar-refractivity contribution < 1.29 is 14.6 Å². The Kier molecular flexibility index (Phi) is 4.93. The van der Waals surface area contributed by atoms with Gasteiger partial charge < -0.3 is 19.1 Å². The quantitative estimate of drug-likeness (QED) is 0.562. The summed E-state index contributed by atoms with van der Waals surface area (Å²) >= 11 is 1.86. The number of fused-ring (bicyclic) bond motifs is 1. The zero-order chi connectivity index (χ0) is 19.8. The zero-order valence-electron chi connectivity index (χ0n) is 16.4. The molecule has 0 spiro atoms. The topological polar surface area (TPSA) is 68.3 Å². The summed E-state index contributed by atoms with van der Waals surface area (Å²) in [4.78, 5) is 0. The van der Waals surface area contributed by atoms with E-state index in [9.17, 15) is 5.11 Å². The molecule has 2 aromatic carbocycles. The van der Waals surface area contributed by atoms with E-state index in [1.807, 2.05) is 60.5 Å². The Morgan fingerprint density at radius 2 is 1.75 bits per heavy atom. The normalized spacial score (nSPS) is 14.6. The number of thioether (sulfide) groups is 1. The molecule has 0 radical (unpaired) electrons. The largest absolute Gasteiger partial charge is 0.493 e. The van der Waals surface area contributed by atoms with Gasteiger partial charge in [-0.3, -0.25) is 0 Å². The van der Waals surface area contributed by atoms with Crippen LogP contribution in [-0.4, -0.2) is 35.4 Å². The minimum atomic E-state index is 0.129. The first kappa shape index (κ1) is 18.7. The average Bonchev–Trinajstić information content (AvgIpc) is 2.91. The summed E-state index contributed by atoms with van der Waals surface area (Å²) in [6, 6.07) is 10.0. The highest BCUT2D eigenvalue weighted by atomic mass is 32.2. The molecular formula is C21H23N3O3S. The van der Waals surface area contributed by atoms with Crippen LogP contribution in [0.25, 0.3) is 10.9 Å². The molecule has 2 heterocycles. The van der Waals surface area contributed by atoms with E-state index in [0.29, 0.717) is 17.2 Å². The Balaban J connectivity index is 1.90. The van der Waals surface area contributed by atoms with Gasteiger partial charge in [-0.05, 0) is 37.1 Å². The van der Waals surface area contributed by atoms with E-state index in [0.717, 1.165) is 39.2 Å². The molecule has 1 aliphatic rings. The molecule has 146 valence electrons. The molecule has 0 aliphatic carbocycles. The zero-order valence-corrected chi connectivity index (χ0v) is 17.2. The van der Waals surface area contributed by atoms with E-state index in [4.69, 9.17) is 9.47 Å². The number of azo groups is 1. The van der Waals surface area contributed by atoms with E-state index in [-0.39, 0.29) is 11.9 Å². The lowest BCUT2D eigenvalue weighted by Crippen LogP contribution is -2.22. The van der Waals surface area contributed by atoms with E-state index in [1.165, 1.54) is 0 Å². The number of hydrogen-bond acceptors (Lipinski definition) is 6. The smallest absolute Gasteiger partial charge is 0.221 e. The van der Waals surface area contributed by atoms with Crippen LogP contribution < -0.4 is 9.47 Å². The molecule has 0 saturated carbocycles. The summed E-state index contributed by atoms with van der Waals surface area (Å²) in [5.74, 6) is 3.26. The van der Waals surface area contributed by atoms with Crippen molar-refractivity contribution in [2.45, 2.75) is 19.9 Å². The summed E-state index contributed by atoms with van der Waals surface area (Å²) in [6.07, 6.45) is 0. The molecule has 0 bridgehead atoms. The van der Waals surface area contributed by atoms with Crippen molar-refractivity contribution in [3.8, 4) is 17.4 Å². The monoisotopic (exact) mass is 397 g/mol. The van der Waals surface area contributed by atoms with E-state index < -0.39 is 0 Å². The molecule has 0 amide bonds. The number of nitrogens with zero attached hydrogens (tertiary/aromatic N) is 3. The number of methoxy groups -OCH3 is 2. The van der Waals surface area contributed by atoms with Gasteiger partial charge in [-0.25, -0.2) is 0 Å². The Hall–Kier alpha value is -2.67. The number of benzene rings is 2. The van der Waals surface area contributed by atoms with Gasteiger partial charge in [0.1, 0.15) is 0 Å². The van der Waals surface area contributed by atoms with Crippen LogP contribution in [0.4, 0.5) is 11.4 Å². The first-order chi connectivity index (χ1) is 13.5. The molecule has 1 N–H and O–H groups in total. The van der Waals surface area contributed by atoms with Gasteiger partial charge in [0.15, 0.2) is 17.2 Å². The number of aryl methyl sites for hydroxylation is 2. The fraction of sp³-hybridized carbons (Fsp3) is 0.333.